The molecule has 1 aliphatic carbocycles. The first-order chi connectivity index (χ1) is 6.43. The molecule has 2 fully saturated rings. The highest BCUT2D eigenvalue weighted by molar-refractivity contribution is 5.10. The summed E-state index contributed by atoms with van der Waals surface area (Å²) in [6, 6.07) is 0.690. The lowest BCUT2D eigenvalue weighted by atomic mass is 10.1. The van der Waals surface area contributed by atoms with Crippen molar-refractivity contribution in [2.45, 2.75) is 37.8 Å². The van der Waals surface area contributed by atoms with Crippen LogP contribution in [0.1, 0.15) is 43.4 Å². The molecule has 1 saturated heterocycles. The van der Waals surface area contributed by atoms with Crippen molar-refractivity contribution in [1.29, 1.82) is 0 Å². The summed E-state index contributed by atoms with van der Waals surface area (Å²) in [7, 11) is 0. The molecule has 1 unspecified atom stereocenters. The molecular formula is C10H14N2O. The van der Waals surface area contributed by atoms with Crippen LogP contribution in [0.3, 0.4) is 0 Å². The molecule has 0 aromatic carbocycles. The summed E-state index contributed by atoms with van der Waals surface area (Å²) in [6.07, 6.45) is 9.41. The number of hydrogen-bond donors (Lipinski definition) is 0. The Labute approximate surface area is 77.7 Å². The van der Waals surface area contributed by atoms with Gasteiger partial charge in [-0.25, -0.2) is 0 Å². The quantitative estimate of drug-likeness (QED) is 0.693. The van der Waals surface area contributed by atoms with Crippen LogP contribution in [-0.4, -0.2) is 16.4 Å². The van der Waals surface area contributed by atoms with E-state index in [4.69, 9.17) is 4.74 Å². The van der Waals surface area contributed by atoms with Gasteiger partial charge in [0.05, 0.1) is 18.3 Å². The van der Waals surface area contributed by atoms with Crippen LogP contribution < -0.4 is 0 Å². The molecule has 1 atom stereocenters. The van der Waals surface area contributed by atoms with Crippen molar-refractivity contribution in [3.63, 3.8) is 0 Å². The van der Waals surface area contributed by atoms with E-state index in [1.807, 2.05) is 6.20 Å². The molecule has 1 aromatic rings. The summed E-state index contributed by atoms with van der Waals surface area (Å²) < 4.78 is 7.69. The topological polar surface area (TPSA) is 27.1 Å². The summed E-state index contributed by atoms with van der Waals surface area (Å²) in [5.41, 5.74) is 1.27. The molecule has 0 N–H and O–H groups in total. The van der Waals surface area contributed by atoms with Crippen molar-refractivity contribution in [2.24, 2.45) is 0 Å². The van der Waals surface area contributed by atoms with E-state index in [9.17, 15) is 0 Å². The van der Waals surface area contributed by atoms with E-state index < -0.39 is 0 Å². The average Bonchev–Trinajstić information content (AvgIpc) is 2.72. The number of aromatic nitrogens is 2. The molecular weight excluding hydrogens is 164 g/mol. The molecule has 3 rings (SSSR count). The van der Waals surface area contributed by atoms with Gasteiger partial charge < -0.3 is 4.74 Å². The van der Waals surface area contributed by atoms with Gasteiger partial charge in [0.1, 0.15) is 0 Å². The SMILES string of the molecule is c1nn(C2CC2)cc1C1CCCO1. The smallest absolute Gasteiger partial charge is 0.0856 e. The number of hydrogen-bond acceptors (Lipinski definition) is 2. The van der Waals surface area contributed by atoms with Gasteiger partial charge in [0.25, 0.3) is 0 Å². The second-order valence-electron chi connectivity index (χ2n) is 3.99. The van der Waals surface area contributed by atoms with Gasteiger partial charge in [-0.1, -0.05) is 0 Å². The molecule has 70 valence electrons. The predicted molar refractivity (Wildman–Crippen MR) is 48.4 cm³/mol. The number of nitrogens with zero attached hydrogens (tertiary/aromatic N) is 2. The molecule has 3 nitrogen and oxygen atoms in total. The van der Waals surface area contributed by atoms with E-state index in [1.54, 1.807) is 0 Å². The Kier molecular flexibility index (Phi) is 1.65. The van der Waals surface area contributed by atoms with E-state index in [0.29, 0.717) is 12.1 Å². The Bertz CT molecular complexity index is 298. The Balaban J connectivity index is 1.79. The van der Waals surface area contributed by atoms with E-state index in [1.165, 1.54) is 24.8 Å². The van der Waals surface area contributed by atoms with Crippen LogP contribution in [0.4, 0.5) is 0 Å². The van der Waals surface area contributed by atoms with Gasteiger partial charge in [-0.15, -0.1) is 0 Å². The summed E-state index contributed by atoms with van der Waals surface area (Å²) >= 11 is 0. The largest absolute Gasteiger partial charge is 0.373 e. The first-order valence-electron chi connectivity index (χ1n) is 5.09. The van der Waals surface area contributed by atoms with E-state index in [-0.39, 0.29) is 0 Å². The van der Waals surface area contributed by atoms with Gasteiger partial charge in [-0.05, 0) is 25.7 Å². The standard InChI is InChI=1S/C10H14N2O/c1-2-10(13-5-1)8-6-11-12(7-8)9-3-4-9/h6-7,9-10H,1-5H2. The lowest BCUT2D eigenvalue weighted by molar-refractivity contribution is 0.112. The van der Waals surface area contributed by atoms with E-state index in [0.717, 1.165) is 13.0 Å². The number of ether oxygens (including phenoxy) is 1. The molecule has 13 heavy (non-hydrogen) atoms. The van der Waals surface area contributed by atoms with Crippen LogP contribution >= 0.6 is 0 Å². The van der Waals surface area contributed by atoms with Gasteiger partial charge >= 0.3 is 0 Å². The van der Waals surface area contributed by atoms with Crippen molar-refractivity contribution >= 4 is 0 Å². The first kappa shape index (κ1) is 7.56. The molecule has 0 amide bonds. The molecule has 1 saturated carbocycles. The van der Waals surface area contributed by atoms with Crippen molar-refractivity contribution in [1.82, 2.24) is 9.78 Å². The third-order valence-electron chi connectivity index (χ3n) is 2.84. The van der Waals surface area contributed by atoms with E-state index >= 15 is 0 Å². The monoisotopic (exact) mass is 178 g/mol. The van der Waals surface area contributed by atoms with Gasteiger partial charge in [0.2, 0.25) is 0 Å². The summed E-state index contributed by atoms with van der Waals surface area (Å²) in [4.78, 5) is 0. The molecule has 2 aliphatic rings. The van der Waals surface area contributed by atoms with Crippen molar-refractivity contribution in [3.8, 4) is 0 Å². The Morgan fingerprint density at radius 1 is 1.38 bits per heavy atom. The van der Waals surface area contributed by atoms with Crippen molar-refractivity contribution < 1.29 is 4.74 Å². The van der Waals surface area contributed by atoms with Crippen LogP contribution in [0.2, 0.25) is 0 Å². The minimum Gasteiger partial charge on any atom is -0.373 e. The molecule has 3 heteroatoms. The highest BCUT2D eigenvalue weighted by Gasteiger charge is 2.26. The molecule has 0 radical (unpaired) electrons. The highest BCUT2D eigenvalue weighted by atomic mass is 16.5. The molecule has 0 bridgehead atoms. The van der Waals surface area contributed by atoms with Crippen molar-refractivity contribution in [3.05, 3.63) is 18.0 Å². The third-order valence-corrected chi connectivity index (χ3v) is 2.84. The van der Waals surface area contributed by atoms with Crippen LogP contribution in [0.25, 0.3) is 0 Å². The fourth-order valence-corrected chi connectivity index (χ4v) is 1.90. The molecule has 0 spiro atoms. The van der Waals surface area contributed by atoms with E-state index in [2.05, 4.69) is 16.0 Å². The van der Waals surface area contributed by atoms with Crippen LogP contribution in [0.15, 0.2) is 12.4 Å². The van der Waals surface area contributed by atoms with Crippen molar-refractivity contribution in [2.75, 3.05) is 6.61 Å². The molecule has 1 aromatic heterocycles. The van der Waals surface area contributed by atoms with Gasteiger partial charge in [0, 0.05) is 18.4 Å². The first-order valence-corrected chi connectivity index (χ1v) is 5.09. The Hall–Kier alpha value is -0.830. The lowest BCUT2D eigenvalue weighted by Gasteiger charge is -2.04. The highest BCUT2D eigenvalue weighted by Crippen LogP contribution is 2.35. The zero-order chi connectivity index (χ0) is 8.67. The third kappa shape index (κ3) is 1.37. The Morgan fingerprint density at radius 2 is 2.31 bits per heavy atom. The lowest BCUT2D eigenvalue weighted by Crippen LogP contribution is -1.95. The number of rotatable bonds is 2. The summed E-state index contributed by atoms with van der Waals surface area (Å²) in [5, 5.41) is 4.36. The van der Waals surface area contributed by atoms with Gasteiger partial charge in [0.15, 0.2) is 0 Å². The zero-order valence-electron chi connectivity index (χ0n) is 7.65. The van der Waals surface area contributed by atoms with Crippen LogP contribution in [0, 0.1) is 0 Å². The fraction of sp³-hybridized carbons (Fsp3) is 0.700. The minimum absolute atomic E-state index is 0.326. The minimum atomic E-state index is 0.326. The summed E-state index contributed by atoms with van der Waals surface area (Å²) in [6.45, 7) is 0.916. The van der Waals surface area contributed by atoms with Crippen LogP contribution in [-0.2, 0) is 4.74 Å². The second-order valence-corrected chi connectivity index (χ2v) is 3.99. The Morgan fingerprint density at radius 3 is 3.00 bits per heavy atom. The summed E-state index contributed by atoms with van der Waals surface area (Å²) in [5.74, 6) is 0. The maximum absolute atomic E-state index is 5.60. The second kappa shape index (κ2) is 2.84. The zero-order valence-corrected chi connectivity index (χ0v) is 7.65. The average molecular weight is 178 g/mol. The van der Waals surface area contributed by atoms with Gasteiger partial charge in [-0.3, -0.25) is 4.68 Å². The normalized spacial score (nSPS) is 28.2. The molecule has 1 aliphatic heterocycles. The molecule has 2 heterocycles. The fourth-order valence-electron chi connectivity index (χ4n) is 1.90. The predicted octanol–water partition coefficient (Wildman–Crippen LogP) is 2.07. The maximum atomic E-state index is 5.60. The van der Waals surface area contributed by atoms with Gasteiger partial charge in [-0.2, -0.15) is 5.10 Å². The van der Waals surface area contributed by atoms with Crippen LogP contribution in [0.5, 0.6) is 0 Å². The maximum Gasteiger partial charge on any atom is 0.0856 e.